The van der Waals surface area contributed by atoms with Crippen molar-refractivity contribution in [2.24, 2.45) is 7.05 Å². The number of non-ortho nitro benzene ring substituents is 1. The van der Waals surface area contributed by atoms with Crippen LogP contribution < -0.4 is 0 Å². The number of ether oxygens (including phenoxy) is 1. The molecule has 0 atom stereocenters. The molecule has 1 heterocycles. The van der Waals surface area contributed by atoms with E-state index in [-0.39, 0.29) is 11.3 Å². The van der Waals surface area contributed by atoms with Gasteiger partial charge in [0.1, 0.15) is 5.52 Å². The molecule has 1 aromatic carbocycles. The van der Waals surface area contributed by atoms with Crippen LogP contribution in [0, 0.1) is 10.1 Å². The van der Waals surface area contributed by atoms with E-state index in [1.165, 1.54) is 30.1 Å². The van der Waals surface area contributed by atoms with Gasteiger partial charge in [-0.05, 0) is 6.07 Å². The van der Waals surface area contributed by atoms with Gasteiger partial charge in [-0.25, -0.2) is 4.79 Å². The molecule has 0 spiro atoms. The Morgan fingerprint density at radius 3 is 2.82 bits per heavy atom. The van der Waals surface area contributed by atoms with Gasteiger partial charge < -0.3 is 4.74 Å². The van der Waals surface area contributed by atoms with Crippen molar-refractivity contribution < 1.29 is 14.5 Å². The van der Waals surface area contributed by atoms with Crippen molar-refractivity contribution in [2.45, 2.75) is 0 Å². The summed E-state index contributed by atoms with van der Waals surface area (Å²) in [4.78, 5) is 21.7. The predicted octanol–water partition coefficient (Wildman–Crippen LogP) is 1.27. The summed E-state index contributed by atoms with van der Waals surface area (Å²) >= 11 is 0. The highest BCUT2D eigenvalue weighted by molar-refractivity contribution is 5.98. The minimum atomic E-state index is -0.624. The third-order valence-corrected chi connectivity index (χ3v) is 2.34. The highest BCUT2D eigenvalue weighted by Gasteiger charge is 2.19. The van der Waals surface area contributed by atoms with E-state index in [0.29, 0.717) is 10.9 Å². The second-order valence-corrected chi connectivity index (χ2v) is 3.48. The van der Waals surface area contributed by atoms with E-state index >= 15 is 0 Å². The van der Waals surface area contributed by atoms with Crippen LogP contribution in [-0.2, 0) is 11.8 Å². The second kappa shape index (κ2) is 3.85. The lowest BCUT2D eigenvalue weighted by Crippen LogP contribution is -2.02. The van der Waals surface area contributed by atoms with Crippen LogP contribution in [0.5, 0.6) is 0 Å². The quantitative estimate of drug-likeness (QED) is 0.444. The summed E-state index contributed by atoms with van der Waals surface area (Å²) in [6.45, 7) is 0. The fourth-order valence-corrected chi connectivity index (χ4v) is 1.61. The maximum Gasteiger partial charge on any atom is 0.338 e. The average molecular weight is 235 g/mol. The molecule has 0 unspecified atom stereocenters. The number of fused-ring (bicyclic) bond motifs is 1. The van der Waals surface area contributed by atoms with Crippen molar-refractivity contribution >= 4 is 22.6 Å². The summed E-state index contributed by atoms with van der Waals surface area (Å²) in [7, 11) is 2.87. The van der Waals surface area contributed by atoms with Crippen LogP contribution in [0.2, 0.25) is 0 Å². The van der Waals surface area contributed by atoms with Crippen LogP contribution in [0.15, 0.2) is 18.3 Å². The molecule has 0 saturated heterocycles. The number of esters is 1. The molecule has 0 aliphatic carbocycles. The first kappa shape index (κ1) is 11.1. The molecule has 0 amide bonds. The number of carbonyl (C=O) groups excluding carboxylic acids is 1. The van der Waals surface area contributed by atoms with E-state index in [0.717, 1.165) is 0 Å². The van der Waals surface area contributed by atoms with Crippen LogP contribution in [0.3, 0.4) is 0 Å². The van der Waals surface area contributed by atoms with E-state index in [4.69, 9.17) is 0 Å². The Hall–Kier alpha value is -2.44. The Morgan fingerprint density at radius 1 is 1.53 bits per heavy atom. The first-order chi connectivity index (χ1) is 8.02. The van der Waals surface area contributed by atoms with E-state index < -0.39 is 10.9 Å². The summed E-state index contributed by atoms with van der Waals surface area (Å²) in [5.74, 6) is -0.624. The van der Waals surface area contributed by atoms with Gasteiger partial charge in [-0.2, -0.15) is 5.10 Å². The van der Waals surface area contributed by atoms with Gasteiger partial charge >= 0.3 is 5.97 Å². The molecule has 0 aliphatic heterocycles. The highest BCUT2D eigenvalue weighted by Crippen LogP contribution is 2.26. The zero-order chi connectivity index (χ0) is 12.6. The Morgan fingerprint density at radius 2 is 2.24 bits per heavy atom. The Bertz CT molecular complexity index is 617. The third kappa shape index (κ3) is 1.82. The molecular formula is C10H9N3O4. The molecule has 7 nitrogen and oxygen atoms in total. The van der Waals surface area contributed by atoms with Crippen LogP contribution in [0.25, 0.3) is 10.9 Å². The van der Waals surface area contributed by atoms with Gasteiger partial charge in [0.15, 0.2) is 0 Å². The van der Waals surface area contributed by atoms with Gasteiger partial charge in [0.2, 0.25) is 0 Å². The number of nitrogens with zero attached hydrogens (tertiary/aromatic N) is 3. The molecule has 0 N–H and O–H groups in total. The minimum Gasteiger partial charge on any atom is -0.465 e. The lowest BCUT2D eigenvalue weighted by atomic mass is 10.1. The Kier molecular flexibility index (Phi) is 2.51. The topological polar surface area (TPSA) is 87.3 Å². The number of aryl methyl sites for hydroxylation is 1. The fourth-order valence-electron chi connectivity index (χ4n) is 1.61. The number of nitro groups is 1. The number of methoxy groups -OCH3 is 1. The number of carbonyl (C=O) groups is 1. The minimum absolute atomic E-state index is 0.116. The van der Waals surface area contributed by atoms with Crippen molar-refractivity contribution in [3.05, 3.63) is 34.0 Å². The molecule has 0 radical (unpaired) electrons. The third-order valence-electron chi connectivity index (χ3n) is 2.34. The molecular weight excluding hydrogens is 226 g/mol. The van der Waals surface area contributed by atoms with Crippen LogP contribution >= 0.6 is 0 Å². The highest BCUT2D eigenvalue weighted by atomic mass is 16.6. The van der Waals surface area contributed by atoms with Crippen molar-refractivity contribution in [3.8, 4) is 0 Å². The Labute approximate surface area is 95.7 Å². The molecule has 2 aromatic rings. The molecule has 7 heteroatoms. The standard InChI is InChI=1S/C10H9N3O4/c1-12-5-7-8(11-12)3-6(10(14)17-2)4-9(7)13(15)16/h3-5H,1-2H3. The maximum absolute atomic E-state index is 11.4. The Balaban J connectivity index is 2.75. The number of benzene rings is 1. The molecule has 0 aliphatic rings. The zero-order valence-electron chi connectivity index (χ0n) is 9.21. The molecule has 0 bridgehead atoms. The fraction of sp³-hybridized carbons (Fsp3) is 0.200. The van der Waals surface area contributed by atoms with Crippen LogP contribution in [-0.4, -0.2) is 27.8 Å². The largest absolute Gasteiger partial charge is 0.465 e. The lowest BCUT2D eigenvalue weighted by Gasteiger charge is -1.99. The van der Waals surface area contributed by atoms with Gasteiger partial charge in [0, 0.05) is 19.3 Å². The van der Waals surface area contributed by atoms with Gasteiger partial charge in [-0.15, -0.1) is 0 Å². The molecule has 0 saturated carbocycles. The summed E-state index contributed by atoms with van der Waals surface area (Å²) in [6, 6.07) is 2.66. The normalized spacial score (nSPS) is 10.5. The van der Waals surface area contributed by atoms with Crippen molar-refractivity contribution in [1.29, 1.82) is 0 Å². The average Bonchev–Trinajstić information content (AvgIpc) is 2.66. The van der Waals surface area contributed by atoms with Gasteiger partial charge in [-0.3, -0.25) is 14.8 Å². The molecule has 88 valence electrons. The first-order valence-electron chi connectivity index (χ1n) is 4.73. The lowest BCUT2D eigenvalue weighted by molar-refractivity contribution is -0.383. The van der Waals surface area contributed by atoms with Gasteiger partial charge in [-0.1, -0.05) is 0 Å². The maximum atomic E-state index is 11.4. The smallest absolute Gasteiger partial charge is 0.338 e. The van der Waals surface area contributed by atoms with E-state index in [1.807, 2.05) is 0 Å². The summed E-state index contributed by atoms with van der Waals surface area (Å²) in [6.07, 6.45) is 1.54. The summed E-state index contributed by atoms with van der Waals surface area (Å²) in [5, 5.41) is 15.3. The number of nitro benzene ring substituents is 1. The van der Waals surface area contributed by atoms with Crippen molar-refractivity contribution in [3.63, 3.8) is 0 Å². The van der Waals surface area contributed by atoms with Crippen molar-refractivity contribution in [2.75, 3.05) is 7.11 Å². The number of hydrogen-bond donors (Lipinski definition) is 0. The van der Waals surface area contributed by atoms with E-state index in [9.17, 15) is 14.9 Å². The molecule has 0 fully saturated rings. The molecule has 2 rings (SSSR count). The van der Waals surface area contributed by atoms with E-state index in [2.05, 4.69) is 9.84 Å². The van der Waals surface area contributed by atoms with Crippen LogP contribution in [0.4, 0.5) is 5.69 Å². The van der Waals surface area contributed by atoms with Gasteiger partial charge in [0.05, 0.1) is 23.0 Å². The number of hydrogen-bond acceptors (Lipinski definition) is 5. The SMILES string of the molecule is COC(=O)c1cc([N+](=O)[O-])c2cn(C)nc2c1. The second-order valence-electron chi connectivity index (χ2n) is 3.48. The number of rotatable bonds is 2. The van der Waals surface area contributed by atoms with Crippen molar-refractivity contribution in [1.82, 2.24) is 9.78 Å². The predicted molar refractivity (Wildman–Crippen MR) is 58.7 cm³/mol. The summed E-state index contributed by atoms with van der Waals surface area (Å²) < 4.78 is 5.99. The monoisotopic (exact) mass is 235 g/mol. The first-order valence-corrected chi connectivity index (χ1v) is 4.73. The van der Waals surface area contributed by atoms with Gasteiger partial charge in [0.25, 0.3) is 5.69 Å². The zero-order valence-corrected chi connectivity index (χ0v) is 9.21. The van der Waals surface area contributed by atoms with E-state index in [1.54, 1.807) is 7.05 Å². The van der Waals surface area contributed by atoms with Crippen LogP contribution in [0.1, 0.15) is 10.4 Å². The number of aromatic nitrogens is 2. The molecule has 17 heavy (non-hydrogen) atoms. The molecule has 1 aromatic heterocycles. The summed E-state index contributed by atoms with van der Waals surface area (Å²) in [5.41, 5.74) is 0.350.